The second kappa shape index (κ2) is 6.55. The van der Waals surface area contributed by atoms with Gasteiger partial charge in [0.15, 0.2) is 0 Å². The average Bonchev–Trinajstić information content (AvgIpc) is 2.38. The van der Waals surface area contributed by atoms with E-state index in [-0.39, 0.29) is 16.2 Å². The number of pyridine rings is 1. The van der Waals surface area contributed by atoms with Crippen LogP contribution >= 0.6 is 23.2 Å². The summed E-state index contributed by atoms with van der Waals surface area (Å²) in [4.78, 5) is 15.7. The number of halogens is 2. The van der Waals surface area contributed by atoms with Crippen LogP contribution in [0.15, 0.2) is 42.5 Å². The summed E-state index contributed by atoms with van der Waals surface area (Å²) in [7, 11) is 0. The number of carbonyl (C=O) groups is 1. The Morgan fingerprint density at radius 2 is 1.74 bits per heavy atom. The molecule has 5 heteroatoms. The number of benzene rings is 1. The molecule has 2 rings (SSSR count). The summed E-state index contributed by atoms with van der Waals surface area (Å²) in [5.41, 5.74) is 1.59. The van der Waals surface area contributed by atoms with Gasteiger partial charge in [-0.05, 0) is 24.1 Å². The molecule has 1 aromatic heterocycles. The van der Waals surface area contributed by atoms with Gasteiger partial charge in [0.2, 0.25) is 0 Å². The first kappa shape index (κ1) is 13.8. The molecule has 0 saturated carbocycles. The highest BCUT2D eigenvalue weighted by molar-refractivity contribution is 6.33. The molecule has 2 aromatic rings. The van der Waals surface area contributed by atoms with Gasteiger partial charge < -0.3 is 5.32 Å². The highest BCUT2D eigenvalue weighted by atomic mass is 35.5. The number of rotatable bonds is 4. The third-order valence-electron chi connectivity index (χ3n) is 2.57. The Bertz CT molecular complexity index is 553. The molecule has 0 atom stereocenters. The minimum absolute atomic E-state index is 0.206. The minimum atomic E-state index is -0.206. The molecule has 0 unspecified atom stereocenters. The van der Waals surface area contributed by atoms with Gasteiger partial charge in [0.25, 0.3) is 5.91 Å². The Morgan fingerprint density at radius 3 is 2.37 bits per heavy atom. The molecule has 0 fully saturated rings. The van der Waals surface area contributed by atoms with E-state index in [1.54, 1.807) is 0 Å². The van der Waals surface area contributed by atoms with Crippen LogP contribution in [0.3, 0.4) is 0 Å². The fourth-order valence-corrected chi connectivity index (χ4v) is 2.12. The van der Waals surface area contributed by atoms with Gasteiger partial charge in [-0.3, -0.25) is 4.79 Å². The molecule has 0 bridgehead atoms. The van der Waals surface area contributed by atoms with Gasteiger partial charge in [-0.15, -0.1) is 0 Å². The summed E-state index contributed by atoms with van der Waals surface area (Å²) in [6, 6.07) is 12.9. The van der Waals surface area contributed by atoms with Crippen molar-refractivity contribution in [2.75, 3.05) is 6.54 Å². The van der Waals surface area contributed by atoms with Crippen LogP contribution in [0.5, 0.6) is 0 Å². The van der Waals surface area contributed by atoms with Crippen LogP contribution in [-0.4, -0.2) is 17.4 Å². The Balaban J connectivity index is 1.91. The number of aromatic nitrogens is 1. The van der Waals surface area contributed by atoms with Crippen LogP contribution in [0.1, 0.15) is 15.9 Å². The molecule has 1 aromatic carbocycles. The van der Waals surface area contributed by atoms with E-state index < -0.39 is 0 Å². The lowest BCUT2D eigenvalue weighted by molar-refractivity contribution is 0.0954. The van der Waals surface area contributed by atoms with Crippen molar-refractivity contribution < 1.29 is 4.79 Å². The summed E-state index contributed by atoms with van der Waals surface area (Å²) < 4.78 is 0. The Morgan fingerprint density at radius 1 is 1.11 bits per heavy atom. The maximum Gasteiger partial charge on any atom is 0.251 e. The zero-order valence-corrected chi connectivity index (χ0v) is 11.6. The predicted molar refractivity (Wildman–Crippen MR) is 76.7 cm³/mol. The summed E-state index contributed by atoms with van der Waals surface area (Å²) >= 11 is 11.5. The predicted octanol–water partition coefficient (Wildman–Crippen LogP) is 3.36. The second-order valence-corrected chi connectivity index (χ2v) is 4.77. The fraction of sp³-hybridized carbons (Fsp3) is 0.143. The van der Waals surface area contributed by atoms with Crippen molar-refractivity contribution in [1.29, 1.82) is 0 Å². The number of hydrogen-bond donors (Lipinski definition) is 1. The molecule has 0 aliphatic carbocycles. The quantitative estimate of drug-likeness (QED) is 0.879. The summed E-state index contributed by atoms with van der Waals surface area (Å²) in [6.07, 6.45) is 0.777. The maximum absolute atomic E-state index is 11.9. The van der Waals surface area contributed by atoms with Crippen LogP contribution in [0, 0.1) is 0 Å². The van der Waals surface area contributed by atoms with E-state index in [4.69, 9.17) is 23.2 Å². The highest BCUT2D eigenvalue weighted by Gasteiger charge is 2.08. The highest BCUT2D eigenvalue weighted by Crippen LogP contribution is 2.14. The largest absolute Gasteiger partial charge is 0.352 e. The topological polar surface area (TPSA) is 42.0 Å². The molecule has 1 heterocycles. The number of nitrogens with one attached hydrogen (secondary N) is 1. The van der Waals surface area contributed by atoms with E-state index in [0.29, 0.717) is 12.1 Å². The maximum atomic E-state index is 11.9. The first-order valence-corrected chi connectivity index (χ1v) is 6.56. The third-order valence-corrected chi connectivity index (χ3v) is 2.95. The molecule has 19 heavy (non-hydrogen) atoms. The Hall–Kier alpha value is -1.58. The average molecular weight is 295 g/mol. The molecule has 0 spiro atoms. The van der Waals surface area contributed by atoms with Crippen molar-refractivity contribution in [1.82, 2.24) is 10.3 Å². The smallest absolute Gasteiger partial charge is 0.251 e. The molecule has 98 valence electrons. The molecule has 0 aliphatic rings. The number of nitrogens with zero attached hydrogens (tertiary/aromatic N) is 1. The van der Waals surface area contributed by atoms with E-state index in [2.05, 4.69) is 10.3 Å². The normalized spacial score (nSPS) is 10.2. The van der Waals surface area contributed by atoms with Crippen LogP contribution in [0.4, 0.5) is 0 Å². The molecule has 1 N–H and O–H groups in total. The van der Waals surface area contributed by atoms with E-state index >= 15 is 0 Å². The van der Waals surface area contributed by atoms with Gasteiger partial charge >= 0.3 is 0 Å². The molecule has 3 nitrogen and oxygen atoms in total. The summed E-state index contributed by atoms with van der Waals surface area (Å²) in [6.45, 7) is 0.556. The first-order valence-electron chi connectivity index (χ1n) is 5.80. The lowest BCUT2D eigenvalue weighted by atomic mass is 10.1. The van der Waals surface area contributed by atoms with Gasteiger partial charge in [0.1, 0.15) is 10.3 Å². The third kappa shape index (κ3) is 4.23. The second-order valence-electron chi connectivity index (χ2n) is 3.99. The van der Waals surface area contributed by atoms with Crippen LogP contribution in [0.25, 0.3) is 0 Å². The van der Waals surface area contributed by atoms with E-state index in [9.17, 15) is 4.79 Å². The van der Waals surface area contributed by atoms with E-state index in [0.717, 1.165) is 6.42 Å². The van der Waals surface area contributed by atoms with Gasteiger partial charge in [0, 0.05) is 12.1 Å². The van der Waals surface area contributed by atoms with Gasteiger partial charge in [-0.25, -0.2) is 4.98 Å². The number of amides is 1. The number of carbonyl (C=O) groups excluding carboxylic acids is 1. The summed E-state index contributed by atoms with van der Waals surface area (Å²) in [5.74, 6) is -0.206. The molecule has 0 saturated heterocycles. The monoisotopic (exact) mass is 294 g/mol. The minimum Gasteiger partial charge on any atom is -0.352 e. The van der Waals surface area contributed by atoms with Crippen LogP contribution < -0.4 is 5.32 Å². The Labute approximate surface area is 121 Å². The van der Waals surface area contributed by atoms with Crippen molar-refractivity contribution >= 4 is 29.1 Å². The van der Waals surface area contributed by atoms with Gasteiger partial charge in [-0.1, -0.05) is 53.5 Å². The van der Waals surface area contributed by atoms with Crippen LogP contribution in [0.2, 0.25) is 10.3 Å². The lowest BCUT2D eigenvalue weighted by Crippen LogP contribution is -2.25. The summed E-state index contributed by atoms with van der Waals surface area (Å²) in [5, 5.41) is 3.24. The van der Waals surface area contributed by atoms with Crippen molar-refractivity contribution in [3.05, 3.63) is 63.9 Å². The van der Waals surface area contributed by atoms with Crippen molar-refractivity contribution in [3.63, 3.8) is 0 Å². The standard InChI is InChI=1S/C14H12Cl2N2O/c15-12-8-11(9-13(16)18-12)14(19)17-7-6-10-4-2-1-3-5-10/h1-5,8-9H,6-7H2,(H,17,19). The van der Waals surface area contributed by atoms with Gasteiger partial charge in [0.05, 0.1) is 0 Å². The number of hydrogen-bond acceptors (Lipinski definition) is 2. The fourth-order valence-electron chi connectivity index (χ4n) is 1.66. The molecule has 0 aliphatic heterocycles. The molecular weight excluding hydrogens is 283 g/mol. The van der Waals surface area contributed by atoms with E-state index in [1.807, 2.05) is 30.3 Å². The molecule has 0 radical (unpaired) electrons. The van der Waals surface area contributed by atoms with E-state index in [1.165, 1.54) is 17.7 Å². The SMILES string of the molecule is O=C(NCCc1ccccc1)c1cc(Cl)nc(Cl)c1. The zero-order chi connectivity index (χ0) is 13.7. The van der Waals surface area contributed by atoms with Crippen molar-refractivity contribution in [2.45, 2.75) is 6.42 Å². The molecule has 1 amide bonds. The van der Waals surface area contributed by atoms with Gasteiger partial charge in [-0.2, -0.15) is 0 Å². The van der Waals surface area contributed by atoms with Crippen molar-refractivity contribution in [2.24, 2.45) is 0 Å². The Kier molecular flexibility index (Phi) is 4.77. The lowest BCUT2D eigenvalue weighted by Gasteiger charge is -2.06. The first-order chi connectivity index (χ1) is 9.15. The van der Waals surface area contributed by atoms with Crippen LogP contribution in [-0.2, 0) is 6.42 Å². The van der Waals surface area contributed by atoms with Crippen molar-refractivity contribution in [3.8, 4) is 0 Å². The zero-order valence-electron chi connectivity index (χ0n) is 10.1. The molecular formula is C14H12Cl2N2O.